The second kappa shape index (κ2) is 7.84. The summed E-state index contributed by atoms with van der Waals surface area (Å²) in [5.41, 5.74) is 3.46. The molecule has 0 N–H and O–H groups in total. The van der Waals surface area contributed by atoms with E-state index in [-0.39, 0.29) is 0 Å². The van der Waals surface area contributed by atoms with Crippen molar-refractivity contribution in [1.82, 2.24) is 0 Å². The average Bonchev–Trinajstić information content (AvgIpc) is 2.80. The predicted octanol–water partition coefficient (Wildman–Crippen LogP) is 6.13. The van der Waals surface area contributed by atoms with Crippen molar-refractivity contribution in [1.29, 1.82) is 0 Å². The lowest BCUT2D eigenvalue weighted by Gasteiger charge is -2.31. The van der Waals surface area contributed by atoms with Gasteiger partial charge in [0.15, 0.2) is 6.73 Å². The molecule has 3 aromatic carbocycles. The number of methoxy groups -OCH3 is 1. The SMILES string of the molecule is COc1ccc(-c2cc(=O)oc3c4c(ccc23)OCN(c2ccc(Cl)c(Cl)c2)C4)cc1. The number of ether oxygens (including phenoxy) is 2. The van der Waals surface area contributed by atoms with Gasteiger partial charge in [-0.2, -0.15) is 0 Å². The maximum Gasteiger partial charge on any atom is 0.336 e. The molecule has 0 fully saturated rings. The van der Waals surface area contributed by atoms with E-state index < -0.39 is 5.63 Å². The molecule has 0 amide bonds. The molecule has 1 aromatic heterocycles. The minimum Gasteiger partial charge on any atom is -0.497 e. The molecule has 31 heavy (non-hydrogen) atoms. The molecular weight excluding hydrogens is 437 g/mol. The highest BCUT2D eigenvalue weighted by Crippen LogP contribution is 2.38. The molecule has 156 valence electrons. The molecule has 0 saturated heterocycles. The van der Waals surface area contributed by atoms with E-state index in [4.69, 9.17) is 37.1 Å². The molecule has 5 nitrogen and oxygen atoms in total. The quantitative estimate of drug-likeness (QED) is 0.349. The Morgan fingerprint density at radius 2 is 1.77 bits per heavy atom. The van der Waals surface area contributed by atoms with Crippen LogP contribution in [0, 0.1) is 0 Å². The van der Waals surface area contributed by atoms with E-state index in [1.165, 1.54) is 6.07 Å². The molecule has 1 aliphatic heterocycles. The van der Waals surface area contributed by atoms with Crippen LogP contribution in [-0.2, 0) is 6.54 Å². The first-order valence-corrected chi connectivity index (χ1v) is 10.4. The van der Waals surface area contributed by atoms with Crippen molar-refractivity contribution in [3.8, 4) is 22.6 Å². The Kier molecular flexibility index (Phi) is 5.00. The minimum atomic E-state index is -0.418. The Morgan fingerprint density at radius 1 is 0.968 bits per heavy atom. The topological polar surface area (TPSA) is 51.9 Å². The lowest BCUT2D eigenvalue weighted by molar-refractivity contribution is 0.289. The summed E-state index contributed by atoms with van der Waals surface area (Å²) in [6.45, 7) is 0.846. The molecule has 1 aliphatic rings. The summed E-state index contributed by atoms with van der Waals surface area (Å²) in [5, 5.41) is 1.80. The van der Waals surface area contributed by atoms with Crippen LogP contribution in [0.1, 0.15) is 5.56 Å². The van der Waals surface area contributed by atoms with Crippen LogP contribution in [0.3, 0.4) is 0 Å². The summed E-state index contributed by atoms with van der Waals surface area (Å²) in [6.07, 6.45) is 0. The number of nitrogens with zero attached hydrogens (tertiary/aromatic N) is 1. The Bertz CT molecular complexity index is 1350. The van der Waals surface area contributed by atoms with Crippen molar-refractivity contribution in [2.24, 2.45) is 0 Å². The van der Waals surface area contributed by atoms with E-state index in [0.29, 0.717) is 34.7 Å². The zero-order valence-electron chi connectivity index (χ0n) is 16.5. The van der Waals surface area contributed by atoms with Gasteiger partial charge in [0, 0.05) is 17.1 Å². The van der Waals surface area contributed by atoms with Gasteiger partial charge < -0.3 is 18.8 Å². The van der Waals surface area contributed by atoms with Crippen molar-refractivity contribution in [3.05, 3.63) is 86.7 Å². The van der Waals surface area contributed by atoms with Gasteiger partial charge in [0.05, 0.1) is 29.3 Å². The van der Waals surface area contributed by atoms with Crippen molar-refractivity contribution in [2.45, 2.75) is 6.54 Å². The van der Waals surface area contributed by atoms with Crippen LogP contribution < -0.4 is 20.0 Å². The van der Waals surface area contributed by atoms with Crippen molar-refractivity contribution in [3.63, 3.8) is 0 Å². The summed E-state index contributed by atoms with van der Waals surface area (Å²) in [4.78, 5) is 14.4. The number of halogens is 2. The molecule has 2 heterocycles. The smallest absolute Gasteiger partial charge is 0.336 e. The van der Waals surface area contributed by atoms with Gasteiger partial charge in [-0.15, -0.1) is 0 Å². The largest absolute Gasteiger partial charge is 0.497 e. The van der Waals surface area contributed by atoms with E-state index in [1.54, 1.807) is 19.2 Å². The lowest BCUT2D eigenvalue weighted by Crippen LogP contribution is -2.32. The number of hydrogen-bond acceptors (Lipinski definition) is 5. The fraction of sp³-hybridized carbons (Fsp3) is 0.125. The second-order valence-electron chi connectivity index (χ2n) is 7.20. The van der Waals surface area contributed by atoms with Gasteiger partial charge in [0.25, 0.3) is 0 Å². The van der Waals surface area contributed by atoms with E-state index in [2.05, 4.69) is 0 Å². The molecule has 7 heteroatoms. The summed E-state index contributed by atoms with van der Waals surface area (Å²) < 4.78 is 16.9. The van der Waals surface area contributed by atoms with Crippen LogP contribution in [-0.4, -0.2) is 13.8 Å². The monoisotopic (exact) mass is 453 g/mol. The maximum atomic E-state index is 12.4. The molecule has 0 aliphatic carbocycles. The summed E-state index contributed by atoms with van der Waals surface area (Å²) in [7, 11) is 1.62. The Labute approximate surface area is 188 Å². The van der Waals surface area contributed by atoms with Crippen molar-refractivity contribution < 1.29 is 13.9 Å². The van der Waals surface area contributed by atoms with Gasteiger partial charge in [0.2, 0.25) is 0 Å². The van der Waals surface area contributed by atoms with Gasteiger partial charge in [0.1, 0.15) is 17.1 Å². The molecule has 0 radical (unpaired) electrons. The fourth-order valence-electron chi connectivity index (χ4n) is 3.79. The molecule has 0 bridgehead atoms. The first-order valence-electron chi connectivity index (χ1n) is 9.60. The minimum absolute atomic E-state index is 0.346. The van der Waals surface area contributed by atoms with Gasteiger partial charge in [-0.1, -0.05) is 35.3 Å². The van der Waals surface area contributed by atoms with Gasteiger partial charge in [-0.25, -0.2) is 4.79 Å². The highest BCUT2D eigenvalue weighted by atomic mass is 35.5. The standard InChI is InChI=1S/C24H17Cl2NO4/c1-29-16-5-2-14(3-6-16)18-11-23(28)31-24-17(18)7-9-22-19(24)12-27(13-30-22)15-4-8-20(25)21(26)10-15/h2-11H,12-13H2,1H3. The third kappa shape index (κ3) is 3.60. The molecule has 0 spiro atoms. The number of fused-ring (bicyclic) bond motifs is 3. The van der Waals surface area contributed by atoms with Crippen LogP contribution >= 0.6 is 23.2 Å². The summed E-state index contributed by atoms with van der Waals surface area (Å²) >= 11 is 12.2. The summed E-state index contributed by atoms with van der Waals surface area (Å²) in [5.74, 6) is 1.44. The highest BCUT2D eigenvalue weighted by molar-refractivity contribution is 6.42. The van der Waals surface area contributed by atoms with E-state index in [0.717, 1.165) is 33.5 Å². The Hall–Kier alpha value is -3.15. The predicted molar refractivity (Wildman–Crippen MR) is 123 cm³/mol. The highest BCUT2D eigenvalue weighted by Gasteiger charge is 2.23. The molecular formula is C24H17Cl2NO4. The maximum absolute atomic E-state index is 12.4. The molecule has 0 atom stereocenters. The van der Waals surface area contributed by atoms with Crippen molar-refractivity contribution in [2.75, 3.05) is 18.7 Å². The third-order valence-electron chi connectivity index (χ3n) is 5.37. The van der Waals surface area contributed by atoms with Crippen molar-refractivity contribution >= 4 is 39.9 Å². The van der Waals surface area contributed by atoms with Gasteiger partial charge in [-0.3, -0.25) is 0 Å². The third-order valence-corrected chi connectivity index (χ3v) is 6.11. The molecule has 0 unspecified atom stereocenters. The number of rotatable bonds is 3. The molecule has 4 aromatic rings. The van der Waals surface area contributed by atoms with E-state index in [9.17, 15) is 4.79 Å². The lowest BCUT2D eigenvalue weighted by atomic mass is 9.99. The van der Waals surface area contributed by atoms with E-state index in [1.807, 2.05) is 47.4 Å². The number of benzene rings is 3. The normalized spacial score (nSPS) is 13.1. The molecule has 0 saturated carbocycles. The van der Waals surface area contributed by atoms with Crippen LogP contribution in [0.5, 0.6) is 11.5 Å². The fourth-order valence-corrected chi connectivity index (χ4v) is 4.08. The zero-order chi connectivity index (χ0) is 21.5. The number of anilines is 1. The van der Waals surface area contributed by atoms with Crippen LogP contribution in [0.2, 0.25) is 10.0 Å². The van der Waals surface area contributed by atoms with Crippen LogP contribution in [0.15, 0.2) is 69.9 Å². The Balaban J connectivity index is 1.62. The van der Waals surface area contributed by atoms with E-state index >= 15 is 0 Å². The van der Waals surface area contributed by atoms with Crippen LogP contribution in [0.4, 0.5) is 5.69 Å². The Morgan fingerprint density at radius 3 is 2.52 bits per heavy atom. The van der Waals surface area contributed by atoms with Crippen LogP contribution in [0.25, 0.3) is 22.1 Å². The summed E-state index contributed by atoms with van der Waals surface area (Å²) in [6, 6.07) is 18.3. The molecule has 5 rings (SSSR count). The first kappa shape index (κ1) is 19.8. The first-order chi connectivity index (χ1) is 15.0. The second-order valence-corrected chi connectivity index (χ2v) is 8.01. The van der Waals surface area contributed by atoms with Gasteiger partial charge in [-0.05, 0) is 53.6 Å². The van der Waals surface area contributed by atoms with Gasteiger partial charge >= 0.3 is 5.63 Å². The zero-order valence-corrected chi connectivity index (χ0v) is 18.0. The number of hydrogen-bond donors (Lipinski definition) is 0. The average molecular weight is 454 g/mol.